The minimum atomic E-state index is -0.361. The topological polar surface area (TPSA) is 98.1 Å². The summed E-state index contributed by atoms with van der Waals surface area (Å²) in [6, 6.07) is 11.7. The van der Waals surface area contributed by atoms with Gasteiger partial charge in [0.2, 0.25) is 5.91 Å². The minimum absolute atomic E-state index is 0.0633. The Morgan fingerprint density at radius 3 is 2.50 bits per heavy atom. The summed E-state index contributed by atoms with van der Waals surface area (Å²) in [6.07, 6.45) is 0. The van der Waals surface area contributed by atoms with Gasteiger partial charge in [0.15, 0.2) is 11.0 Å². The molecule has 180 valence electrons. The summed E-state index contributed by atoms with van der Waals surface area (Å²) in [6.45, 7) is 3.99. The Labute approximate surface area is 215 Å². The predicted molar refractivity (Wildman–Crippen MR) is 138 cm³/mol. The molecule has 0 fully saturated rings. The van der Waals surface area contributed by atoms with E-state index in [1.807, 2.05) is 20.9 Å². The number of hydrogen-bond donors (Lipinski definition) is 2. The van der Waals surface area contributed by atoms with Crippen LogP contribution in [0.15, 0.2) is 52.1 Å². The second-order valence-electron chi connectivity index (χ2n) is 7.79. The van der Waals surface area contributed by atoms with Crippen molar-refractivity contribution in [2.45, 2.75) is 25.0 Å². The Bertz CT molecular complexity index is 1170. The van der Waals surface area contributed by atoms with Gasteiger partial charge in [0.1, 0.15) is 5.75 Å². The molecule has 1 atom stereocenters. The Hall–Kier alpha value is -2.56. The quantitative estimate of drug-likeness (QED) is 0.350. The first-order valence-corrected chi connectivity index (χ1v) is 12.6. The van der Waals surface area contributed by atoms with Crippen LogP contribution in [0.3, 0.4) is 0 Å². The standard InChI is InChI=1S/C23H25BrClN5O3S/c1-13(2)20(27-22(32)14-5-8-16(33-4)9-6-14)21-28-29-23(30(21)3)34-12-19(31)26-15-7-10-17(24)18(25)11-15/h5-11,13,20H,12H2,1-4H3,(H,26,31)(H,27,32). The van der Waals surface area contributed by atoms with Gasteiger partial charge in [-0.3, -0.25) is 9.59 Å². The third kappa shape index (κ3) is 6.52. The highest BCUT2D eigenvalue weighted by atomic mass is 79.9. The maximum absolute atomic E-state index is 12.8. The van der Waals surface area contributed by atoms with Crippen LogP contribution in [0.25, 0.3) is 0 Å². The summed E-state index contributed by atoms with van der Waals surface area (Å²) < 4.78 is 7.70. The average molecular weight is 567 g/mol. The number of methoxy groups -OCH3 is 1. The number of nitrogens with zero attached hydrogens (tertiary/aromatic N) is 3. The van der Waals surface area contributed by atoms with Crippen molar-refractivity contribution >= 4 is 56.8 Å². The molecule has 1 heterocycles. The number of hydrogen-bond acceptors (Lipinski definition) is 6. The molecule has 1 aromatic heterocycles. The Kier molecular flexibility index (Phi) is 8.98. The molecule has 0 radical (unpaired) electrons. The number of carbonyl (C=O) groups is 2. The second-order valence-corrected chi connectivity index (χ2v) is 9.99. The molecule has 2 N–H and O–H groups in total. The van der Waals surface area contributed by atoms with Gasteiger partial charge in [0.05, 0.1) is 23.9 Å². The number of benzene rings is 2. The van der Waals surface area contributed by atoms with Crippen LogP contribution < -0.4 is 15.4 Å². The summed E-state index contributed by atoms with van der Waals surface area (Å²) in [7, 11) is 3.40. The van der Waals surface area contributed by atoms with Crippen molar-refractivity contribution in [3.63, 3.8) is 0 Å². The summed E-state index contributed by atoms with van der Waals surface area (Å²) in [5, 5.41) is 15.5. The molecular weight excluding hydrogens is 542 g/mol. The Morgan fingerprint density at radius 1 is 1.18 bits per heavy atom. The number of halogens is 2. The van der Waals surface area contributed by atoms with E-state index in [9.17, 15) is 9.59 Å². The number of rotatable bonds is 9. The molecule has 2 amide bonds. The van der Waals surface area contributed by atoms with Gasteiger partial charge < -0.3 is 19.9 Å². The van der Waals surface area contributed by atoms with Crippen molar-refractivity contribution in [2.24, 2.45) is 13.0 Å². The van der Waals surface area contributed by atoms with Gasteiger partial charge in [-0.25, -0.2) is 0 Å². The third-order valence-electron chi connectivity index (χ3n) is 4.99. The molecule has 0 saturated carbocycles. The van der Waals surface area contributed by atoms with Crippen LogP contribution in [0, 0.1) is 5.92 Å². The van der Waals surface area contributed by atoms with Gasteiger partial charge in [0, 0.05) is 22.8 Å². The van der Waals surface area contributed by atoms with E-state index in [2.05, 4.69) is 36.8 Å². The lowest BCUT2D eigenvalue weighted by atomic mass is 10.0. The average Bonchev–Trinajstić information content (AvgIpc) is 3.18. The van der Waals surface area contributed by atoms with Gasteiger partial charge in [-0.2, -0.15) is 0 Å². The zero-order chi connectivity index (χ0) is 24.8. The Morgan fingerprint density at radius 2 is 1.88 bits per heavy atom. The second kappa shape index (κ2) is 11.7. The van der Waals surface area contributed by atoms with E-state index in [1.54, 1.807) is 54.1 Å². The molecule has 0 aliphatic carbocycles. The van der Waals surface area contributed by atoms with Crippen LogP contribution in [-0.4, -0.2) is 39.4 Å². The predicted octanol–water partition coefficient (Wildman–Crippen LogP) is 5.10. The number of thioether (sulfide) groups is 1. The normalized spacial score (nSPS) is 11.9. The fourth-order valence-corrected chi connectivity index (χ4v) is 4.27. The lowest BCUT2D eigenvalue weighted by Gasteiger charge is -2.21. The Balaban J connectivity index is 1.65. The molecule has 0 saturated heterocycles. The molecule has 8 nitrogen and oxygen atoms in total. The summed E-state index contributed by atoms with van der Waals surface area (Å²) in [5.74, 6) is 1.09. The fourth-order valence-electron chi connectivity index (χ4n) is 3.12. The molecule has 1 unspecified atom stereocenters. The van der Waals surface area contributed by atoms with E-state index in [0.29, 0.717) is 33.0 Å². The zero-order valence-corrected chi connectivity index (χ0v) is 22.3. The van der Waals surface area contributed by atoms with Crippen LogP contribution in [0.4, 0.5) is 5.69 Å². The first-order chi connectivity index (χ1) is 16.2. The number of amides is 2. The van der Waals surface area contributed by atoms with Gasteiger partial charge in [0.25, 0.3) is 5.91 Å². The van der Waals surface area contributed by atoms with Crippen LogP contribution >= 0.6 is 39.3 Å². The van der Waals surface area contributed by atoms with Gasteiger partial charge in [-0.15, -0.1) is 10.2 Å². The number of aromatic nitrogens is 3. The van der Waals surface area contributed by atoms with Gasteiger partial charge >= 0.3 is 0 Å². The largest absolute Gasteiger partial charge is 0.497 e. The highest BCUT2D eigenvalue weighted by Crippen LogP contribution is 2.27. The number of carbonyl (C=O) groups excluding carboxylic acids is 2. The molecule has 0 aliphatic rings. The van der Waals surface area contributed by atoms with Gasteiger partial charge in [-0.1, -0.05) is 37.2 Å². The molecule has 0 bridgehead atoms. The SMILES string of the molecule is COc1ccc(C(=O)NC(c2nnc(SCC(=O)Nc3ccc(Br)c(Cl)c3)n2C)C(C)C)cc1. The van der Waals surface area contributed by atoms with E-state index in [4.69, 9.17) is 16.3 Å². The molecule has 0 aliphatic heterocycles. The molecular formula is C23H25BrClN5O3S. The van der Waals surface area contributed by atoms with Crippen molar-refractivity contribution in [1.82, 2.24) is 20.1 Å². The fraction of sp³-hybridized carbons (Fsp3) is 0.304. The summed E-state index contributed by atoms with van der Waals surface area (Å²) >= 11 is 10.7. The van der Waals surface area contributed by atoms with E-state index >= 15 is 0 Å². The smallest absolute Gasteiger partial charge is 0.251 e. The lowest BCUT2D eigenvalue weighted by Crippen LogP contribution is -2.33. The van der Waals surface area contributed by atoms with Crippen LogP contribution in [0.1, 0.15) is 36.1 Å². The van der Waals surface area contributed by atoms with Gasteiger partial charge in [-0.05, 0) is 64.3 Å². The first kappa shape index (κ1) is 26.1. The first-order valence-electron chi connectivity index (χ1n) is 10.4. The minimum Gasteiger partial charge on any atom is -0.497 e. The monoisotopic (exact) mass is 565 g/mol. The van der Waals surface area contributed by atoms with Crippen LogP contribution in [0.2, 0.25) is 5.02 Å². The van der Waals surface area contributed by atoms with Crippen molar-refractivity contribution in [1.29, 1.82) is 0 Å². The van der Waals surface area contributed by atoms with E-state index < -0.39 is 0 Å². The van der Waals surface area contributed by atoms with Crippen LogP contribution in [0.5, 0.6) is 5.75 Å². The molecule has 2 aromatic carbocycles. The van der Waals surface area contributed by atoms with E-state index in [-0.39, 0.29) is 29.5 Å². The van der Waals surface area contributed by atoms with Crippen LogP contribution in [-0.2, 0) is 11.8 Å². The highest BCUT2D eigenvalue weighted by Gasteiger charge is 2.25. The highest BCUT2D eigenvalue weighted by molar-refractivity contribution is 9.10. The lowest BCUT2D eigenvalue weighted by molar-refractivity contribution is -0.113. The van der Waals surface area contributed by atoms with E-state index in [0.717, 1.165) is 4.47 Å². The van der Waals surface area contributed by atoms with Crippen molar-refractivity contribution < 1.29 is 14.3 Å². The van der Waals surface area contributed by atoms with Crippen molar-refractivity contribution in [3.05, 3.63) is 63.3 Å². The maximum atomic E-state index is 12.8. The van der Waals surface area contributed by atoms with Crippen molar-refractivity contribution in [2.75, 3.05) is 18.2 Å². The number of nitrogens with one attached hydrogen (secondary N) is 2. The molecule has 11 heteroatoms. The van der Waals surface area contributed by atoms with Crippen molar-refractivity contribution in [3.8, 4) is 5.75 Å². The maximum Gasteiger partial charge on any atom is 0.251 e. The van der Waals surface area contributed by atoms with E-state index in [1.165, 1.54) is 11.8 Å². The third-order valence-corrected chi connectivity index (χ3v) is 7.24. The summed E-state index contributed by atoms with van der Waals surface area (Å²) in [4.78, 5) is 25.2. The number of anilines is 1. The molecule has 3 aromatic rings. The molecule has 0 spiro atoms. The molecule has 34 heavy (non-hydrogen) atoms. The zero-order valence-electron chi connectivity index (χ0n) is 19.1. The number of ether oxygens (including phenoxy) is 1. The summed E-state index contributed by atoms with van der Waals surface area (Å²) in [5.41, 5.74) is 1.13. The molecule has 3 rings (SSSR count).